The van der Waals surface area contributed by atoms with Gasteiger partial charge in [-0.1, -0.05) is 0 Å². The van der Waals surface area contributed by atoms with E-state index >= 15 is 0 Å². The maximum absolute atomic E-state index is 5.33. The molecule has 15 heavy (non-hydrogen) atoms. The lowest BCUT2D eigenvalue weighted by atomic mass is 10.4. The first-order valence-corrected chi connectivity index (χ1v) is 4.66. The molecule has 74 valence electrons. The van der Waals surface area contributed by atoms with E-state index in [9.17, 15) is 0 Å². The van der Waals surface area contributed by atoms with Crippen LogP contribution in [0.15, 0.2) is 41.3 Å². The number of rotatable bonds is 1. The summed E-state index contributed by atoms with van der Waals surface area (Å²) < 4.78 is 7.30. The molecule has 0 unspecified atom stereocenters. The average Bonchev–Trinajstić information content (AvgIpc) is 2.87. The van der Waals surface area contributed by atoms with Gasteiger partial charge in [0, 0.05) is 13.2 Å². The smallest absolute Gasteiger partial charge is 0.177 e. The quantitative estimate of drug-likeness (QED) is 0.603. The number of imidazole rings is 1. The van der Waals surface area contributed by atoms with E-state index in [0.29, 0.717) is 0 Å². The van der Waals surface area contributed by atoms with E-state index in [0.717, 1.165) is 22.6 Å². The Morgan fingerprint density at radius 3 is 3.00 bits per heavy atom. The van der Waals surface area contributed by atoms with Crippen LogP contribution in [0.2, 0.25) is 0 Å². The van der Waals surface area contributed by atoms with Gasteiger partial charge in [-0.2, -0.15) is 0 Å². The largest absolute Gasteiger partial charge is 0.461 e. The minimum atomic E-state index is 0.772. The maximum Gasteiger partial charge on any atom is 0.177 e. The van der Waals surface area contributed by atoms with Crippen LogP contribution in [0.25, 0.3) is 22.6 Å². The summed E-state index contributed by atoms with van der Waals surface area (Å²) in [6.07, 6.45) is 5.18. The van der Waals surface area contributed by atoms with Crippen LogP contribution < -0.4 is 0 Å². The van der Waals surface area contributed by atoms with Crippen LogP contribution >= 0.6 is 0 Å². The molecule has 3 aromatic heterocycles. The predicted octanol–water partition coefficient (Wildman–Crippen LogP) is 2.23. The molecule has 0 atom stereocenters. The molecule has 3 rings (SSSR count). The SMILES string of the molecule is Cn1c(-c2ccco2)nc2ccncc21. The van der Waals surface area contributed by atoms with Crippen molar-refractivity contribution in [1.82, 2.24) is 14.5 Å². The Morgan fingerprint density at radius 2 is 2.27 bits per heavy atom. The molecule has 0 saturated carbocycles. The van der Waals surface area contributed by atoms with Gasteiger partial charge in [0.25, 0.3) is 0 Å². The van der Waals surface area contributed by atoms with E-state index in [2.05, 4.69) is 9.97 Å². The fourth-order valence-electron chi connectivity index (χ4n) is 1.66. The molecule has 4 nitrogen and oxygen atoms in total. The van der Waals surface area contributed by atoms with Gasteiger partial charge in [0.2, 0.25) is 0 Å². The first kappa shape index (κ1) is 8.23. The molecule has 0 aliphatic heterocycles. The molecule has 4 heteroatoms. The predicted molar refractivity (Wildman–Crippen MR) is 56.2 cm³/mol. The molecule has 0 aliphatic carbocycles. The fourth-order valence-corrected chi connectivity index (χ4v) is 1.66. The van der Waals surface area contributed by atoms with Crippen LogP contribution in [0.5, 0.6) is 0 Å². The van der Waals surface area contributed by atoms with Crippen LogP contribution in [0, 0.1) is 0 Å². The molecule has 0 aliphatic rings. The van der Waals surface area contributed by atoms with Crippen molar-refractivity contribution in [3.05, 3.63) is 36.9 Å². The van der Waals surface area contributed by atoms with Crippen LogP contribution in [-0.2, 0) is 7.05 Å². The van der Waals surface area contributed by atoms with E-state index in [1.54, 1.807) is 18.7 Å². The minimum absolute atomic E-state index is 0.772. The third kappa shape index (κ3) is 1.15. The zero-order valence-electron chi connectivity index (χ0n) is 8.21. The van der Waals surface area contributed by atoms with E-state index in [4.69, 9.17) is 4.42 Å². The highest BCUT2D eigenvalue weighted by Crippen LogP contribution is 2.22. The van der Waals surface area contributed by atoms with Gasteiger partial charge in [-0.05, 0) is 18.2 Å². The number of aryl methyl sites for hydroxylation is 1. The minimum Gasteiger partial charge on any atom is -0.461 e. The lowest BCUT2D eigenvalue weighted by Gasteiger charge is -1.97. The zero-order chi connectivity index (χ0) is 10.3. The summed E-state index contributed by atoms with van der Waals surface area (Å²) in [5, 5.41) is 0. The van der Waals surface area contributed by atoms with Gasteiger partial charge < -0.3 is 8.98 Å². The van der Waals surface area contributed by atoms with Crippen molar-refractivity contribution in [2.24, 2.45) is 7.05 Å². The number of aromatic nitrogens is 3. The Morgan fingerprint density at radius 1 is 1.33 bits per heavy atom. The van der Waals surface area contributed by atoms with Gasteiger partial charge in [0.15, 0.2) is 11.6 Å². The summed E-state index contributed by atoms with van der Waals surface area (Å²) in [5.41, 5.74) is 1.93. The molecule has 0 amide bonds. The second kappa shape index (κ2) is 2.95. The normalized spacial score (nSPS) is 11.0. The molecular weight excluding hydrogens is 190 g/mol. The van der Waals surface area contributed by atoms with E-state index in [1.165, 1.54) is 0 Å². The fraction of sp³-hybridized carbons (Fsp3) is 0.0909. The maximum atomic E-state index is 5.33. The third-order valence-corrected chi connectivity index (χ3v) is 2.42. The molecule has 0 N–H and O–H groups in total. The second-order valence-corrected chi connectivity index (χ2v) is 3.34. The second-order valence-electron chi connectivity index (χ2n) is 3.34. The Kier molecular flexibility index (Phi) is 1.62. The van der Waals surface area contributed by atoms with Gasteiger partial charge >= 0.3 is 0 Å². The first-order chi connectivity index (χ1) is 7.36. The Balaban J connectivity index is 2.33. The molecule has 0 fully saturated rings. The van der Waals surface area contributed by atoms with Crippen molar-refractivity contribution < 1.29 is 4.42 Å². The van der Waals surface area contributed by atoms with Crippen LogP contribution in [0.1, 0.15) is 0 Å². The van der Waals surface area contributed by atoms with Gasteiger partial charge in [0.1, 0.15) is 0 Å². The van der Waals surface area contributed by atoms with Crippen molar-refractivity contribution in [3.63, 3.8) is 0 Å². The van der Waals surface area contributed by atoms with Gasteiger partial charge in [-0.3, -0.25) is 4.98 Å². The number of hydrogen-bond acceptors (Lipinski definition) is 3. The Hall–Kier alpha value is -2.10. The molecule has 0 spiro atoms. The topological polar surface area (TPSA) is 43.9 Å². The number of furan rings is 1. The van der Waals surface area contributed by atoms with Crippen molar-refractivity contribution in [1.29, 1.82) is 0 Å². The molecule has 0 radical (unpaired) electrons. The summed E-state index contributed by atoms with van der Waals surface area (Å²) in [7, 11) is 1.95. The van der Waals surface area contributed by atoms with E-state index in [-0.39, 0.29) is 0 Å². The number of hydrogen-bond donors (Lipinski definition) is 0. The lowest BCUT2D eigenvalue weighted by Crippen LogP contribution is -1.90. The monoisotopic (exact) mass is 199 g/mol. The molecular formula is C11H9N3O. The number of pyridine rings is 1. The molecule has 0 aromatic carbocycles. The standard InChI is InChI=1S/C11H9N3O/c1-14-9-7-12-5-4-8(9)13-11(14)10-3-2-6-15-10/h2-7H,1H3. The molecule has 3 heterocycles. The average molecular weight is 199 g/mol. The van der Waals surface area contributed by atoms with Crippen LogP contribution in [0.4, 0.5) is 0 Å². The number of fused-ring (bicyclic) bond motifs is 1. The lowest BCUT2D eigenvalue weighted by molar-refractivity contribution is 0.574. The van der Waals surface area contributed by atoms with Gasteiger partial charge in [-0.15, -0.1) is 0 Å². The highest BCUT2D eigenvalue weighted by molar-refractivity contribution is 5.78. The number of nitrogens with zero attached hydrogens (tertiary/aromatic N) is 3. The van der Waals surface area contributed by atoms with Crippen LogP contribution in [-0.4, -0.2) is 14.5 Å². The van der Waals surface area contributed by atoms with Crippen molar-refractivity contribution in [2.75, 3.05) is 0 Å². The summed E-state index contributed by atoms with van der Waals surface area (Å²) in [6, 6.07) is 5.64. The highest BCUT2D eigenvalue weighted by atomic mass is 16.3. The van der Waals surface area contributed by atoms with Crippen LogP contribution in [0.3, 0.4) is 0 Å². The highest BCUT2D eigenvalue weighted by Gasteiger charge is 2.10. The summed E-state index contributed by atoms with van der Waals surface area (Å²) in [4.78, 5) is 8.56. The summed E-state index contributed by atoms with van der Waals surface area (Å²) in [5.74, 6) is 1.59. The Bertz CT molecular complexity index is 595. The molecule has 3 aromatic rings. The Labute approximate surface area is 86.2 Å². The summed E-state index contributed by atoms with van der Waals surface area (Å²) in [6.45, 7) is 0. The molecule has 0 saturated heterocycles. The van der Waals surface area contributed by atoms with Crippen molar-refractivity contribution >= 4 is 11.0 Å². The van der Waals surface area contributed by atoms with E-state index < -0.39 is 0 Å². The van der Waals surface area contributed by atoms with Crippen molar-refractivity contribution in [3.8, 4) is 11.6 Å². The summed E-state index contributed by atoms with van der Waals surface area (Å²) >= 11 is 0. The zero-order valence-corrected chi connectivity index (χ0v) is 8.21. The molecule has 0 bridgehead atoms. The van der Waals surface area contributed by atoms with Crippen molar-refractivity contribution in [2.45, 2.75) is 0 Å². The first-order valence-electron chi connectivity index (χ1n) is 4.66. The van der Waals surface area contributed by atoms with Gasteiger partial charge in [-0.25, -0.2) is 4.98 Å². The van der Waals surface area contributed by atoms with E-state index in [1.807, 2.05) is 29.8 Å². The third-order valence-electron chi connectivity index (χ3n) is 2.42. The van der Waals surface area contributed by atoms with Gasteiger partial charge in [0.05, 0.1) is 23.5 Å².